The summed E-state index contributed by atoms with van der Waals surface area (Å²) in [5, 5.41) is 0. The van der Waals surface area contributed by atoms with Crippen molar-refractivity contribution in [2.75, 3.05) is 45.9 Å². The second kappa shape index (κ2) is 9.21. The van der Waals surface area contributed by atoms with Crippen LogP contribution in [0.4, 0.5) is 0 Å². The zero-order valence-electron chi connectivity index (χ0n) is 15.6. The van der Waals surface area contributed by atoms with E-state index < -0.39 is 10.0 Å². The number of ether oxygens (including phenoxy) is 2. The average Bonchev–Trinajstić information content (AvgIpc) is 2.70. The van der Waals surface area contributed by atoms with Gasteiger partial charge in [-0.2, -0.15) is 4.31 Å². The fourth-order valence-electron chi connectivity index (χ4n) is 3.03. The molecule has 0 atom stereocenters. The van der Waals surface area contributed by atoms with Gasteiger partial charge < -0.3 is 9.47 Å². The lowest BCUT2D eigenvalue weighted by molar-refractivity contribution is 0.159. The summed E-state index contributed by atoms with van der Waals surface area (Å²) in [5.41, 5.74) is 0. The lowest BCUT2D eigenvalue weighted by atomic mass is 10.3. The Kier molecular flexibility index (Phi) is 6.71. The molecule has 6 nitrogen and oxygen atoms in total. The summed E-state index contributed by atoms with van der Waals surface area (Å²) >= 11 is 0. The maximum Gasteiger partial charge on any atom is 0.243 e. The molecule has 3 rings (SSSR count). The summed E-state index contributed by atoms with van der Waals surface area (Å²) in [4.78, 5) is 2.54. The predicted molar refractivity (Wildman–Crippen MR) is 105 cm³/mol. The van der Waals surface area contributed by atoms with E-state index in [0.29, 0.717) is 50.0 Å². The zero-order valence-corrected chi connectivity index (χ0v) is 16.4. The van der Waals surface area contributed by atoms with Crippen LogP contribution in [0.1, 0.15) is 6.92 Å². The van der Waals surface area contributed by atoms with Crippen molar-refractivity contribution in [1.29, 1.82) is 0 Å². The Morgan fingerprint density at radius 3 is 2.11 bits per heavy atom. The smallest absolute Gasteiger partial charge is 0.243 e. The van der Waals surface area contributed by atoms with Crippen LogP contribution in [0.15, 0.2) is 59.5 Å². The monoisotopic (exact) mass is 390 g/mol. The third kappa shape index (κ3) is 5.22. The van der Waals surface area contributed by atoms with Gasteiger partial charge >= 0.3 is 0 Å². The normalized spacial score (nSPS) is 16.2. The van der Waals surface area contributed by atoms with E-state index in [9.17, 15) is 8.42 Å². The number of benzene rings is 2. The van der Waals surface area contributed by atoms with Gasteiger partial charge in [0.1, 0.15) is 18.1 Å². The lowest BCUT2D eigenvalue weighted by Gasteiger charge is -2.33. The molecule has 7 heteroatoms. The second-order valence-corrected chi connectivity index (χ2v) is 8.25. The van der Waals surface area contributed by atoms with Gasteiger partial charge in [-0.3, -0.25) is 4.90 Å². The molecule has 2 aromatic carbocycles. The molecule has 1 fully saturated rings. The van der Waals surface area contributed by atoms with E-state index in [4.69, 9.17) is 9.47 Å². The Bertz CT molecular complexity index is 802. The molecule has 1 aliphatic rings. The third-order valence-corrected chi connectivity index (χ3v) is 6.44. The van der Waals surface area contributed by atoms with Crippen LogP contribution in [-0.4, -0.2) is 63.6 Å². The molecule has 0 radical (unpaired) electrons. The predicted octanol–water partition coefficient (Wildman–Crippen LogP) is 2.47. The van der Waals surface area contributed by atoms with Gasteiger partial charge in [-0.05, 0) is 43.3 Å². The van der Waals surface area contributed by atoms with Gasteiger partial charge in [-0.15, -0.1) is 0 Å². The standard InChI is InChI=1S/C20H26N2O4S/c1-2-25-19-8-10-20(11-9-19)27(23,24)22-14-12-21(13-15-22)16-17-26-18-6-4-3-5-7-18/h3-11H,2,12-17H2,1H3. The van der Waals surface area contributed by atoms with Crippen LogP contribution >= 0.6 is 0 Å². The van der Waals surface area contributed by atoms with Gasteiger partial charge in [-0.1, -0.05) is 18.2 Å². The molecule has 0 saturated carbocycles. The quantitative estimate of drug-likeness (QED) is 0.693. The number of nitrogens with zero attached hydrogens (tertiary/aromatic N) is 2. The molecule has 1 heterocycles. The molecule has 2 aromatic rings. The Morgan fingerprint density at radius 1 is 0.852 bits per heavy atom. The van der Waals surface area contributed by atoms with E-state index >= 15 is 0 Å². The van der Waals surface area contributed by atoms with E-state index in [0.717, 1.165) is 12.3 Å². The van der Waals surface area contributed by atoms with Gasteiger partial charge in [0.25, 0.3) is 0 Å². The molecule has 146 valence electrons. The van der Waals surface area contributed by atoms with Crippen LogP contribution in [0.3, 0.4) is 0 Å². The van der Waals surface area contributed by atoms with Crippen molar-refractivity contribution in [3.63, 3.8) is 0 Å². The Morgan fingerprint density at radius 2 is 1.48 bits per heavy atom. The number of hydrogen-bond acceptors (Lipinski definition) is 5. The maximum absolute atomic E-state index is 12.8. The fourth-order valence-corrected chi connectivity index (χ4v) is 4.45. The number of rotatable bonds is 8. The van der Waals surface area contributed by atoms with Crippen molar-refractivity contribution >= 4 is 10.0 Å². The first-order valence-electron chi connectivity index (χ1n) is 9.23. The number of piperazine rings is 1. The minimum Gasteiger partial charge on any atom is -0.494 e. The van der Waals surface area contributed by atoms with Crippen molar-refractivity contribution in [1.82, 2.24) is 9.21 Å². The largest absolute Gasteiger partial charge is 0.494 e. The Balaban J connectivity index is 1.49. The first kappa shape index (κ1) is 19.7. The molecule has 1 saturated heterocycles. The molecule has 0 N–H and O–H groups in total. The van der Waals surface area contributed by atoms with Crippen molar-refractivity contribution in [2.24, 2.45) is 0 Å². The molecule has 1 aliphatic heterocycles. The third-order valence-electron chi connectivity index (χ3n) is 4.52. The van der Waals surface area contributed by atoms with E-state index in [1.807, 2.05) is 37.3 Å². The van der Waals surface area contributed by atoms with Crippen molar-refractivity contribution < 1.29 is 17.9 Å². The Hall–Kier alpha value is -2.09. The topological polar surface area (TPSA) is 59.1 Å². The molecule has 0 bridgehead atoms. The summed E-state index contributed by atoms with van der Waals surface area (Å²) in [6.45, 7) is 6.21. The lowest BCUT2D eigenvalue weighted by Crippen LogP contribution is -2.49. The van der Waals surface area contributed by atoms with Gasteiger partial charge in [-0.25, -0.2) is 8.42 Å². The molecular weight excluding hydrogens is 364 g/mol. The highest BCUT2D eigenvalue weighted by molar-refractivity contribution is 7.89. The summed E-state index contributed by atoms with van der Waals surface area (Å²) < 4.78 is 38.3. The summed E-state index contributed by atoms with van der Waals surface area (Å²) in [7, 11) is -3.46. The van der Waals surface area contributed by atoms with E-state index in [1.165, 1.54) is 0 Å². The number of sulfonamides is 1. The molecule has 0 aliphatic carbocycles. The summed E-state index contributed by atoms with van der Waals surface area (Å²) in [6, 6.07) is 16.3. The van der Waals surface area contributed by atoms with Gasteiger partial charge in [0.2, 0.25) is 10.0 Å². The first-order valence-corrected chi connectivity index (χ1v) is 10.7. The molecule has 27 heavy (non-hydrogen) atoms. The van der Waals surface area contributed by atoms with Crippen LogP contribution in [-0.2, 0) is 10.0 Å². The molecule has 0 spiro atoms. The van der Waals surface area contributed by atoms with E-state index in [-0.39, 0.29) is 0 Å². The van der Waals surface area contributed by atoms with E-state index in [1.54, 1.807) is 28.6 Å². The summed E-state index contributed by atoms with van der Waals surface area (Å²) in [6.07, 6.45) is 0. The van der Waals surface area contributed by atoms with Crippen LogP contribution in [0.2, 0.25) is 0 Å². The molecule has 0 aromatic heterocycles. The first-order chi connectivity index (χ1) is 13.1. The van der Waals surface area contributed by atoms with Crippen molar-refractivity contribution in [3.05, 3.63) is 54.6 Å². The van der Waals surface area contributed by atoms with Crippen molar-refractivity contribution in [3.8, 4) is 11.5 Å². The molecular formula is C20H26N2O4S. The van der Waals surface area contributed by atoms with E-state index in [2.05, 4.69) is 4.90 Å². The Labute approximate surface area is 161 Å². The maximum atomic E-state index is 12.8. The van der Waals surface area contributed by atoms with Gasteiger partial charge in [0.15, 0.2) is 0 Å². The minimum absolute atomic E-state index is 0.312. The average molecular weight is 391 g/mol. The number of hydrogen-bond donors (Lipinski definition) is 0. The van der Waals surface area contributed by atoms with Crippen LogP contribution in [0, 0.1) is 0 Å². The van der Waals surface area contributed by atoms with Gasteiger partial charge in [0.05, 0.1) is 11.5 Å². The minimum atomic E-state index is -3.46. The fraction of sp³-hybridized carbons (Fsp3) is 0.400. The second-order valence-electron chi connectivity index (χ2n) is 6.31. The highest BCUT2D eigenvalue weighted by Crippen LogP contribution is 2.21. The number of para-hydroxylation sites is 1. The van der Waals surface area contributed by atoms with Crippen LogP contribution in [0.25, 0.3) is 0 Å². The highest BCUT2D eigenvalue weighted by Gasteiger charge is 2.28. The summed E-state index contributed by atoms with van der Waals surface area (Å²) in [5.74, 6) is 1.54. The molecule has 0 amide bonds. The van der Waals surface area contributed by atoms with Crippen LogP contribution < -0.4 is 9.47 Å². The SMILES string of the molecule is CCOc1ccc(S(=O)(=O)N2CCN(CCOc3ccccc3)CC2)cc1. The highest BCUT2D eigenvalue weighted by atomic mass is 32.2. The van der Waals surface area contributed by atoms with Crippen molar-refractivity contribution in [2.45, 2.75) is 11.8 Å². The molecule has 0 unspecified atom stereocenters. The zero-order chi connectivity index (χ0) is 19.1. The van der Waals surface area contributed by atoms with Gasteiger partial charge in [0, 0.05) is 32.7 Å². The van der Waals surface area contributed by atoms with Crippen LogP contribution in [0.5, 0.6) is 11.5 Å².